The summed E-state index contributed by atoms with van der Waals surface area (Å²) in [5.41, 5.74) is 2.48. The van der Waals surface area contributed by atoms with Crippen molar-refractivity contribution in [2.24, 2.45) is 11.8 Å². The highest BCUT2D eigenvalue weighted by Crippen LogP contribution is 2.51. The van der Waals surface area contributed by atoms with Crippen LogP contribution in [0.25, 0.3) is 6.08 Å². The van der Waals surface area contributed by atoms with E-state index >= 15 is 0 Å². The van der Waals surface area contributed by atoms with Crippen molar-refractivity contribution in [3.05, 3.63) is 87.4 Å². The maximum absolute atomic E-state index is 14.1. The highest BCUT2D eigenvalue weighted by Gasteiger charge is 2.64. The summed E-state index contributed by atoms with van der Waals surface area (Å²) >= 11 is 9.76. The first-order valence-electron chi connectivity index (χ1n) is 11.8. The Hall–Kier alpha value is -3.62. The summed E-state index contributed by atoms with van der Waals surface area (Å²) < 4.78 is 11.7. The van der Waals surface area contributed by atoms with Gasteiger partial charge in [0.25, 0.3) is 0 Å². The van der Waals surface area contributed by atoms with Crippen LogP contribution in [0.3, 0.4) is 0 Å². The monoisotopic (exact) mass is 576 g/mol. The number of hydrogen-bond acceptors (Lipinski definition) is 6. The second kappa shape index (κ2) is 8.19. The van der Waals surface area contributed by atoms with Gasteiger partial charge in [0.05, 0.1) is 23.6 Å². The summed E-state index contributed by atoms with van der Waals surface area (Å²) in [4.78, 5) is 45.1. The van der Waals surface area contributed by atoms with E-state index in [9.17, 15) is 14.4 Å². The van der Waals surface area contributed by atoms with Crippen LogP contribution in [-0.4, -0.2) is 36.5 Å². The third-order valence-electron chi connectivity index (χ3n) is 7.48. The molecule has 7 nitrogen and oxygen atoms in total. The Labute approximate surface area is 225 Å². The van der Waals surface area contributed by atoms with Crippen LogP contribution in [0.4, 0.5) is 11.4 Å². The fourth-order valence-electron chi connectivity index (χ4n) is 5.90. The van der Waals surface area contributed by atoms with Crippen molar-refractivity contribution in [3.8, 4) is 11.5 Å². The Morgan fingerprint density at radius 2 is 1.68 bits per heavy atom. The molecule has 184 valence electrons. The van der Waals surface area contributed by atoms with E-state index in [1.807, 2.05) is 23.1 Å². The molecular formula is C28H18BrClN2O5. The summed E-state index contributed by atoms with van der Waals surface area (Å²) in [6.07, 6.45) is 3.84. The lowest BCUT2D eigenvalue weighted by molar-refractivity contribution is -0.122. The largest absolute Gasteiger partial charge is 0.454 e. The van der Waals surface area contributed by atoms with Crippen LogP contribution in [0.5, 0.6) is 11.5 Å². The van der Waals surface area contributed by atoms with Gasteiger partial charge in [-0.05, 0) is 42.0 Å². The zero-order valence-corrected chi connectivity index (χ0v) is 21.5. The molecule has 4 aliphatic heterocycles. The molecule has 3 aromatic rings. The molecule has 2 amide bonds. The molecular weight excluding hydrogens is 560 g/mol. The normalized spacial score (nSPS) is 24.8. The number of halogens is 2. The van der Waals surface area contributed by atoms with Crippen molar-refractivity contribution in [2.45, 2.75) is 12.1 Å². The SMILES string of the molecule is O=C(c1ccc(Br)cc1)[C@H]1[C@H]2C(=O)N(c3ccc4c(c3)OCO4)C(=O)[C@@H]2[C@H]2C=Cc3ccc(Cl)cc3N21. The number of nitrogens with zero attached hydrogens (tertiary/aromatic N) is 2. The van der Waals surface area contributed by atoms with Gasteiger partial charge in [-0.25, -0.2) is 4.90 Å². The minimum atomic E-state index is -0.881. The van der Waals surface area contributed by atoms with Gasteiger partial charge >= 0.3 is 0 Å². The van der Waals surface area contributed by atoms with Gasteiger partial charge in [0.2, 0.25) is 18.6 Å². The van der Waals surface area contributed by atoms with E-state index in [0.29, 0.717) is 27.8 Å². The lowest BCUT2D eigenvalue weighted by Gasteiger charge is -2.36. The lowest BCUT2D eigenvalue weighted by atomic mass is 9.86. The molecule has 9 heteroatoms. The molecule has 0 unspecified atom stereocenters. The maximum atomic E-state index is 14.1. The molecule has 0 spiro atoms. The van der Waals surface area contributed by atoms with Crippen molar-refractivity contribution >= 4 is 62.6 Å². The molecule has 37 heavy (non-hydrogen) atoms. The van der Waals surface area contributed by atoms with Gasteiger partial charge in [0.15, 0.2) is 17.3 Å². The third-order valence-corrected chi connectivity index (χ3v) is 8.25. The Kier molecular flexibility index (Phi) is 5.00. The quantitative estimate of drug-likeness (QED) is 0.318. The van der Waals surface area contributed by atoms with Gasteiger partial charge in [-0.15, -0.1) is 0 Å². The topological polar surface area (TPSA) is 76.1 Å². The fourth-order valence-corrected chi connectivity index (χ4v) is 6.33. The molecule has 4 aliphatic rings. The minimum absolute atomic E-state index is 0.0828. The summed E-state index contributed by atoms with van der Waals surface area (Å²) in [5, 5.41) is 0.513. The number of ether oxygens (including phenoxy) is 2. The average molecular weight is 578 g/mol. The second-order valence-electron chi connectivity index (χ2n) is 9.38. The van der Waals surface area contributed by atoms with Crippen LogP contribution >= 0.6 is 27.5 Å². The molecule has 0 radical (unpaired) electrons. The Morgan fingerprint density at radius 3 is 2.49 bits per heavy atom. The maximum Gasteiger partial charge on any atom is 0.240 e. The second-order valence-corrected chi connectivity index (χ2v) is 10.7. The number of hydrogen-bond donors (Lipinski definition) is 0. The van der Waals surface area contributed by atoms with Gasteiger partial charge in [0.1, 0.15) is 6.04 Å². The van der Waals surface area contributed by atoms with Crippen molar-refractivity contribution in [2.75, 3.05) is 16.6 Å². The average Bonchev–Trinajstić information content (AvgIpc) is 3.57. The van der Waals surface area contributed by atoms with Gasteiger partial charge < -0.3 is 14.4 Å². The van der Waals surface area contributed by atoms with E-state index in [1.54, 1.807) is 54.6 Å². The molecule has 2 fully saturated rings. The molecule has 0 aromatic heterocycles. The lowest BCUT2D eigenvalue weighted by Crippen LogP contribution is -2.48. The number of Topliss-reactive ketones (excluding diaryl/α,β-unsaturated/α-hetero) is 1. The van der Waals surface area contributed by atoms with Crippen molar-refractivity contribution in [1.82, 2.24) is 0 Å². The molecule has 4 heterocycles. The number of anilines is 2. The number of carbonyl (C=O) groups excluding carboxylic acids is 3. The Morgan fingerprint density at radius 1 is 0.919 bits per heavy atom. The van der Waals surface area contributed by atoms with Crippen LogP contribution in [0.15, 0.2) is 71.2 Å². The molecule has 2 saturated heterocycles. The van der Waals surface area contributed by atoms with E-state index in [0.717, 1.165) is 15.7 Å². The minimum Gasteiger partial charge on any atom is -0.454 e. The van der Waals surface area contributed by atoms with E-state index < -0.39 is 29.8 Å². The Bertz CT molecular complexity index is 1540. The predicted molar refractivity (Wildman–Crippen MR) is 141 cm³/mol. The number of amides is 2. The van der Waals surface area contributed by atoms with E-state index in [1.165, 1.54) is 4.90 Å². The fraction of sp³-hybridized carbons (Fsp3) is 0.179. The van der Waals surface area contributed by atoms with Gasteiger partial charge in [-0.1, -0.05) is 57.9 Å². The van der Waals surface area contributed by atoms with Crippen molar-refractivity contribution < 1.29 is 23.9 Å². The van der Waals surface area contributed by atoms with Crippen molar-refractivity contribution in [1.29, 1.82) is 0 Å². The molecule has 3 aromatic carbocycles. The number of fused-ring (bicyclic) bond motifs is 6. The Balaban J connectivity index is 1.36. The van der Waals surface area contributed by atoms with Crippen LogP contribution in [0.1, 0.15) is 15.9 Å². The first-order valence-corrected chi connectivity index (χ1v) is 12.9. The van der Waals surface area contributed by atoms with Gasteiger partial charge in [0, 0.05) is 26.8 Å². The zero-order chi connectivity index (χ0) is 25.4. The number of carbonyl (C=O) groups is 3. The first kappa shape index (κ1) is 22.6. The molecule has 4 atom stereocenters. The van der Waals surface area contributed by atoms with Crippen LogP contribution < -0.4 is 19.3 Å². The van der Waals surface area contributed by atoms with Crippen molar-refractivity contribution in [3.63, 3.8) is 0 Å². The van der Waals surface area contributed by atoms with Crippen LogP contribution in [-0.2, 0) is 9.59 Å². The molecule has 0 bridgehead atoms. The first-order chi connectivity index (χ1) is 17.9. The van der Waals surface area contributed by atoms with Crippen LogP contribution in [0, 0.1) is 11.8 Å². The molecule has 0 saturated carbocycles. The number of benzene rings is 3. The third kappa shape index (κ3) is 3.29. The standard InChI is InChI=1S/C28H18BrClN2O5/c29-16-5-1-15(2-6-16)26(33)25-24-23(19-9-4-14-3-7-17(30)11-20(14)32(19)25)27(34)31(28(24)35)18-8-10-21-22(12-18)37-13-36-21/h1-12,19,23-25H,13H2/t19-,23-,24+,25-/m1/s1. The number of rotatable bonds is 3. The van der Waals surface area contributed by atoms with Crippen LogP contribution in [0.2, 0.25) is 5.02 Å². The number of ketones is 1. The highest BCUT2D eigenvalue weighted by atomic mass is 79.9. The number of imide groups is 1. The molecule has 7 rings (SSSR count). The van der Waals surface area contributed by atoms with Gasteiger partial charge in [-0.2, -0.15) is 0 Å². The summed E-state index contributed by atoms with van der Waals surface area (Å²) in [6.45, 7) is 0.0828. The zero-order valence-electron chi connectivity index (χ0n) is 19.1. The highest BCUT2D eigenvalue weighted by molar-refractivity contribution is 9.10. The van der Waals surface area contributed by atoms with Gasteiger partial charge in [-0.3, -0.25) is 14.4 Å². The summed E-state index contributed by atoms with van der Waals surface area (Å²) in [5.74, 6) is -1.54. The molecule has 0 N–H and O–H groups in total. The smallest absolute Gasteiger partial charge is 0.240 e. The predicted octanol–water partition coefficient (Wildman–Crippen LogP) is 5.10. The van der Waals surface area contributed by atoms with E-state index in [4.69, 9.17) is 21.1 Å². The summed E-state index contributed by atoms with van der Waals surface area (Å²) in [6, 6.07) is 16.1. The van der Waals surface area contributed by atoms with E-state index in [-0.39, 0.29) is 18.5 Å². The van der Waals surface area contributed by atoms with E-state index in [2.05, 4.69) is 15.9 Å². The molecule has 0 aliphatic carbocycles. The summed E-state index contributed by atoms with van der Waals surface area (Å²) in [7, 11) is 0.